The lowest BCUT2D eigenvalue weighted by Gasteiger charge is -2.28. The van der Waals surface area contributed by atoms with Crippen LogP contribution >= 0.6 is 11.6 Å². The smallest absolute Gasteiger partial charge is 0.319 e. The summed E-state index contributed by atoms with van der Waals surface area (Å²) in [5.41, 5.74) is 0.594. The first-order chi connectivity index (χ1) is 10.6. The van der Waals surface area contributed by atoms with Gasteiger partial charge in [0.15, 0.2) is 0 Å². The summed E-state index contributed by atoms with van der Waals surface area (Å²) >= 11 is 6.13. The molecule has 2 atom stereocenters. The second-order valence-electron chi connectivity index (χ2n) is 5.55. The fourth-order valence-corrected chi connectivity index (χ4v) is 2.76. The number of benzene rings is 1. The number of nitrogens with one attached hydrogen (secondary N) is 2. The van der Waals surface area contributed by atoms with Crippen LogP contribution in [0.3, 0.4) is 0 Å². The topological polar surface area (TPSA) is 70.6 Å². The lowest BCUT2D eigenvalue weighted by atomic mass is 9.93. The number of aliphatic hydroxyl groups is 1. The summed E-state index contributed by atoms with van der Waals surface area (Å²) in [6, 6.07) is 4.63. The molecule has 0 spiro atoms. The van der Waals surface area contributed by atoms with E-state index in [9.17, 15) is 9.90 Å². The average Bonchev–Trinajstić information content (AvgIpc) is 2.49. The lowest BCUT2D eigenvalue weighted by Crippen LogP contribution is -2.46. The number of halogens is 1. The molecule has 0 saturated heterocycles. The van der Waals surface area contributed by atoms with Crippen LogP contribution < -0.4 is 15.4 Å². The lowest BCUT2D eigenvalue weighted by molar-refractivity contribution is 0.0955. The third kappa shape index (κ3) is 4.78. The Bertz CT molecular complexity index is 510. The number of ether oxygens (including phenoxy) is 1. The van der Waals surface area contributed by atoms with E-state index in [1.165, 1.54) is 0 Å². The standard InChI is InChI=1S/C16H23ClN2O3/c1-2-9-22-15-8-7-11(10-12(15)17)18-16(21)19-13-5-3-4-6-14(13)20/h7-8,10,13-14,20H,2-6,9H2,1H3,(H2,18,19,21)/t13-,14-/m0/s1. The van der Waals surface area contributed by atoms with Gasteiger partial charge < -0.3 is 20.5 Å². The highest BCUT2D eigenvalue weighted by Gasteiger charge is 2.24. The number of carbonyl (C=O) groups excluding carboxylic acids is 1. The zero-order valence-electron chi connectivity index (χ0n) is 12.8. The van der Waals surface area contributed by atoms with Crippen LogP contribution in [0.5, 0.6) is 5.75 Å². The average molecular weight is 327 g/mol. The Hall–Kier alpha value is -1.46. The van der Waals surface area contributed by atoms with Crippen LogP contribution in [0, 0.1) is 0 Å². The zero-order valence-corrected chi connectivity index (χ0v) is 13.5. The van der Waals surface area contributed by atoms with Crippen LogP contribution in [0.1, 0.15) is 39.0 Å². The molecule has 0 heterocycles. The van der Waals surface area contributed by atoms with Crippen molar-refractivity contribution < 1.29 is 14.6 Å². The van der Waals surface area contributed by atoms with Crippen LogP contribution in [-0.2, 0) is 0 Å². The SMILES string of the molecule is CCCOc1ccc(NC(=O)N[C@H]2CCCC[C@@H]2O)cc1Cl. The maximum Gasteiger partial charge on any atom is 0.319 e. The third-order valence-electron chi connectivity index (χ3n) is 3.70. The molecular weight excluding hydrogens is 304 g/mol. The summed E-state index contributed by atoms with van der Waals surface area (Å²) in [6.45, 7) is 2.63. The molecule has 122 valence electrons. The number of carbonyl (C=O) groups is 1. The van der Waals surface area contributed by atoms with E-state index in [2.05, 4.69) is 10.6 Å². The van der Waals surface area contributed by atoms with Crippen molar-refractivity contribution in [3.05, 3.63) is 23.2 Å². The predicted molar refractivity (Wildman–Crippen MR) is 87.7 cm³/mol. The molecule has 5 nitrogen and oxygen atoms in total. The molecular formula is C16H23ClN2O3. The number of urea groups is 1. The molecule has 3 N–H and O–H groups in total. The Balaban J connectivity index is 1.89. The molecule has 6 heteroatoms. The summed E-state index contributed by atoms with van der Waals surface area (Å²) in [5.74, 6) is 0.608. The predicted octanol–water partition coefficient (Wildman–Crippen LogP) is 3.55. The molecule has 0 unspecified atom stereocenters. The van der Waals surface area contributed by atoms with E-state index in [1.54, 1.807) is 18.2 Å². The van der Waals surface area contributed by atoms with Crippen molar-refractivity contribution in [2.45, 2.75) is 51.2 Å². The monoisotopic (exact) mass is 326 g/mol. The van der Waals surface area contributed by atoms with Crippen molar-refractivity contribution >= 4 is 23.3 Å². The molecule has 22 heavy (non-hydrogen) atoms. The minimum Gasteiger partial charge on any atom is -0.492 e. The number of hydrogen-bond acceptors (Lipinski definition) is 3. The number of amides is 2. The van der Waals surface area contributed by atoms with Gasteiger partial charge in [0.05, 0.1) is 23.8 Å². The molecule has 1 fully saturated rings. The second kappa shape index (κ2) is 8.25. The normalized spacial score (nSPS) is 21.2. The molecule has 1 aromatic rings. The van der Waals surface area contributed by atoms with Crippen molar-refractivity contribution in [3.8, 4) is 5.75 Å². The largest absolute Gasteiger partial charge is 0.492 e. The molecule has 2 rings (SSSR count). The van der Waals surface area contributed by atoms with E-state index in [-0.39, 0.29) is 12.1 Å². The van der Waals surface area contributed by atoms with Gasteiger partial charge in [0.2, 0.25) is 0 Å². The number of hydrogen-bond donors (Lipinski definition) is 3. The van der Waals surface area contributed by atoms with Crippen molar-refractivity contribution in [2.75, 3.05) is 11.9 Å². The first-order valence-corrected chi connectivity index (χ1v) is 8.16. The Morgan fingerprint density at radius 2 is 2.18 bits per heavy atom. The van der Waals surface area contributed by atoms with Crippen LogP contribution in [0.2, 0.25) is 5.02 Å². The zero-order chi connectivity index (χ0) is 15.9. The van der Waals surface area contributed by atoms with Crippen molar-refractivity contribution in [2.24, 2.45) is 0 Å². The highest BCUT2D eigenvalue weighted by atomic mass is 35.5. The van der Waals surface area contributed by atoms with E-state index in [0.29, 0.717) is 23.1 Å². The molecule has 1 aliphatic carbocycles. The first-order valence-electron chi connectivity index (χ1n) is 7.78. The minimum atomic E-state index is -0.465. The maximum atomic E-state index is 12.0. The Morgan fingerprint density at radius 3 is 2.86 bits per heavy atom. The molecule has 0 radical (unpaired) electrons. The summed E-state index contributed by atoms with van der Waals surface area (Å²) in [5, 5.41) is 15.9. The first kappa shape index (κ1) is 16.9. The second-order valence-corrected chi connectivity index (χ2v) is 5.96. The third-order valence-corrected chi connectivity index (χ3v) is 3.99. The van der Waals surface area contributed by atoms with Gasteiger partial charge in [0.1, 0.15) is 5.75 Å². The molecule has 0 bridgehead atoms. The number of rotatable bonds is 5. The van der Waals surface area contributed by atoms with Crippen LogP contribution in [0.15, 0.2) is 18.2 Å². The van der Waals surface area contributed by atoms with Gasteiger partial charge in [-0.15, -0.1) is 0 Å². The highest BCUT2D eigenvalue weighted by Crippen LogP contribution is 2.28. The van der Waals surface area contributed by atoms with Gasteiger partial charge in [-0.3, -0.25) is 0 Å². The van der Waals surface area contributed by atoms with Crippen LogP contribution in [-0.4, -0.2) is 29.9 Å². The Labute approximate surface area is 136 Å². The summed E-state index contributed by atoms with van der Waals surface area (Å²) in [7, 11) is 0. The van der Waals surface area contributed by atoms with Crippen molar-refractivity contribution in [1.29, 1.82) is 0 Å². The van der Waals surface area contributed by atoms with Crippen molar-refractivity contribution in [3.63, 3.8) is 0 Å². The van der Waals surface area contributed by atoms with E-state index < -0.39 is 6.10 Å². The Morgan fingerprint density at radius 1 is 1.41 bits per heavy atom. The fraction of sp³-hybridized carbons (Fsp3) is 0.562. The molecule has 0 aliphatic heterocycles. The van der Waals surface area contributed by atoms with E-state index >= 15 is 0 Å². The summed E-state index contributed by atoms with van der Waals surface area (Å²) in [4.78, 5) is 12.0. The fourth-order valence-electron chi connectivity index (χ4n) is 2.52. The molecule has 1 aliphatic rings. The minimum absolute atomic E-state index is 0.184. The van der Waals surface area contributed by atoms with E-state index in [1.807, 2.05) is 6.92 Å². The summed E-state index contributed by atoms with van der Waals surface area (Å²) < 4.78 is 5.49. The van der Waals surface area contributed by atoms with E-state index in [4.69, 9.17) is 16.3 Å². The highest BCUT2D eigenvalue weighted by molar-refractivity contribution is 6.32. The van der Waals surface area contributed by atoms with Gasteiger partial charge in [-0.2, -0.15) is 0 Å². The van der Waals surface area contributed by atoms with Gasteiger partial charge >= 0.3 is 6.03 Å². The quantitative estimate of drug-likeness (QED) is 0.775. The molecule has 2 amide bonds. The maximum absolute atomic E-state index is 12.0. The Kier molecular flexibility index (Phi) is 6.34. The molecule has 1 saturated carbocycles. The van der Waals surface area contributed by atoms with Gasteiger partial charge in [-0.05, 0) is 37.5 Å². The van der Waals surface area contributed by atoms with Gasteiger partial charge in [-0.1, -0.05) is 31.4 Å². The van der Waals surface area contributed by atoms with Gasteiger partial charge in [0, 0.05) is 5.69 Å². The van der Waals surface area contributed by atoms with Crippen LogP contribution in [0.4, 0.5) is 10.5 Å². The number of anilines is 1. The molecule has 1 aromatic carbocycles. The van der Waals surface area contributed by atoms with Crippen LogP contribution in [0.25, 0.3) is 0 Å². The van der Waals surface area contributed by atoms with Crippen molar-refractivity contribution in [1.82, 2.24) is 5.32 Å². The van der Waals surface area contributed by atoms with Gasteiger partial charge in [0.25, 0.3) is 0 Å². The summed E-state index contributed by atoms with van der Waals surface area (Å²) in [6.07, 6.45) is 4.02. The van der Waals surface area contributed by atoms with Gasteiger partial charge in [-0.25, -0.2) is 4.79 Å². The van der Waals surface area contributed by atoms with E-state index in [0.717, 1.165) is 32.1 Å². The molecule has 0 aromatic heterocycles. The number of aliphatic hydroxyl groups excluding tert-OH is 1.